The second kappa shape index (κ2) is 8.29. The van der Waals surface area contributed by atoms with Crippen molar-refractivity contribution in [2.75, 3.05) is 38.1 Å². The van der Waals surface area contributed by atoms with Crippen LogP contribution < -0.4 is 10.1 Å². The number of nitrogens with zero attached hydrogens (tertiary/aromatic N) is 2. The molecule has 148 valence electrons. The van der Waals surface area contributed by atoms with Gasteiger partial charge in [-0.2, -0.15) is 0 Å². The second-order valence-electron chi connectivity index (χ2n) is 7.50. The number of fused-ring (bicyclic) bond motifs is 1. The maximum absolute atomic E-state index is 13.8. The number of hydrogen-bond acceptors (Lipinski definition) is 4. The summed E-state index contributed by atoms with van der Waals surface area (Å²) in [6.07, 6.45) is 0.992. The van der Waals surface area contributed by atoms with Gasteiger partial charge in [-0.05, 0) is 36.2 Å². The van der Waals surface area contributed by atoms with Crippen LogP contribution in [0.1, 0.15) is 18.1 Å². The van der Waals surface area contributed by atoms with Gasteiger partial charge in [-0.1, -0.05) is 24.3 Å². The molecule has 0 bridgehead atoms. The van der Waals surface area contributed by atoms with Crippen LogP contribution in [-0.2, 0) is 17.8 Å². The number of nitrogens with one attached hydrogen (secondary N) is 1. The number of hydrogen-bond donors (Lipinski definition) is 1. The fraction of sp³-hybridized carbons (Fsp3) is 0.409. The number of halogens is 1. The van der Waals surface area contributed by atoms with E-state index in [-0.39, 0.29) is 17.6 Å². The Bertz CT molecular complexity index is 849. The second-order valence-corrected chi connectivity index (χ2v) is 7.50. The number of ether oxygens (including phenoxy) is 1. The largest absolute Gasteiger partial charge is 0.493 e. The van der Waals surface area contributed by atoms with Gasteiger partial charge in [0.1, 0.15) is 11.6 Å². The van der Waals surface area contributed by atoms with Gasteiger partial charge in [-0.15, -0.1) is 0 Å². The molecule has 0 spiro atoms. The lowest BCUT2D eigenvalue weighted by atomic mass is 10.1. The Morgan fingerprint density at radius 1 is 1.18 bits per heavy atom. The van der Waals surface area contributed by atoms with E-state index in [4.69, 9.17) is 4.74 Å². The van der Waals surface area contributed by atoms with Crippen LogP contribution in [-0.4, -0.2) is 54.5 Å². The first kappa shape index (κ1) is 18.9. The highest BCUT2D eigenvalue weighted by molar-refractivity contribution is 5.94. The van der Waals surface area contributed by atoms with E-state index in [1.54, 1.807) is 18.2 Å². The fourth-order valence-corrected chi connectivity index (χ4v) is 3.87. The summed E-state index contributed by atoms with van der Waals surface area (Å²) in [7, 11) is 0. The number of benzene rings is 2. The van der Waals surface area contributed by atoms with Crippen LogP contribution in [0, 0.1) is 5.82 Å². The Hall–Kier alpha value is -2.44. The third kappa shape index (κ3) is 4.18. The summed E-state index contributed by atoms with van der Waals surface area (Å²) >= 11 is 0. The van der Waals surface area contributed by atoms with Crippen molar-refractivity contribution < 1.29 is 13.9 Å². The smallest absolute Gasteiger partial charge is 0.241 e. The number of anilines is 1. The topological polar surface area (TPSA) is 44.8 Å². The van der Waals surface area contributed by atoms with Crippen molar-refractivity contribution in [1.82, 2.24) is 9.80 Å². The molecule has 2 heterocycles. The van der Waals surface area contributed by atoms with Gasteiger partial charge in [0.05, 0.1) is 18.3 Å². The zero-order chi connectivity index (χ0) is 19.5. The number of carbonyl (C=O) groups is 1. The van der Waals surface area contributed by atoms with Crippen molar-refractivity contribution in [3.05, 3.63) is 59.4 Å². The van der Waals surface area contributed by atoms with Crippen LogP contribution in [0.3, 0.4) is 0 Å². The normalized spacial score (nSPS) is 18.4. The van der Waals surface area contributed by atoms with Crippen molar-refractivity contribution in [2.45, 2.75) is 25.9 Å². The van der Waals surface area contributed by atoms with E-state index < -0.39 is 5.82 Å². The van der Waals surface area contributed by atoms with Crippen LogP contribution >= 0.6 is 0 Å². The lowest BCUT2D eigenvalue weighted by molar-refractivity contribution is -0.121. The molecule has 1 atom stereocenters. The van der Waals surface area contributed by atoms with Gasteiger partial charge in [0, 0.05) is 39.1 Å². The summed E-state index contributed by atoms with van der Waals surface area (Å²) in [5, 5.41) is 2.70. The summed E-state index contributed by atoms with van der Waals surface area (Å²) in [6.45, 7) is 7.03. The Morgan fingerprint density at radius 3 is 2.75 bits per heavy atom. The molecule has 6 heteroatoms. The molecule has 2 aliphatic rings. The molecule has 0 aromatic heterocycles. The van der Waals surface area contributed by atoms with Gasteiger partial charge in [0.2, 0.25) is 5.91 Å². The molecule has 2 aliphatic heterocycles. The average Bonchev–Trinajstić information content (AvgIpc) is 3.17. The van der Waals surface area contributed by atoms with Gasteiger partial charge in [0.15, 0.2) is 0 Å². The Labute approximate surface area is 165 Å². The van der Waals surface area contributed by atoms with Crippen molar-refractivity contribution in [1.29, 1.82) is 0 Å². The van der Waals surface area contributed by atoms with E-state index in [9.17, 15) is 9.18 Å². The van der Waals surface area contributed by atoms with Crippen molar-refractivity contribution in [3.8, 4) is 5.75 Å². The first-order valence-corrected chi connectivity index (χ1v) is 9.86. The Kier molecular flexibility index (Phi) is 5.59. The van der Waals surface area contributed by atoms with E-state index in [1.165, 1.54) is 17.2 Å². The van der Waals surface area contributed by atoms with E-state index in [1.807, 2.05) is 6.92 Å². The standard InChI is InChI=1S/C22H26FN3O2/c1-16(22(27)24-20-5-3-2-4-19(20)23)26-11-9-25(10-12-26)15-17-6-7-21-18(14-17)8-13-28-21/h2-7,14,16H,8-13,15H2,1H3,(H,24,27)/t16-/m0/s1. The van der Waals surface area contributed by atoms with Gasteiger partial charge < -0.3 is 10.1 Å². The molecule has 1 fully saturated rings. The van der Waals surface area contributed by atoms with Crippen LogP contribution in [0.2, 0.25) is 0 Å². The minimum atomic E-state index is -0.410. The van der Waals surface area contributed by atoms with Crippen molar-refractivity contribution in [3.63, 3.8) is 0 Å². The summed E-state index contributed by atoms with van der Waals surface area (Å²) in [4.78, 5) is 17.1. The molecular weight excluding hydrogens is 357 g/mol. The minimum Gasteiger partial charge on any atom is -0.493 e. The third-order valence-electron chi connectivity index (χ3n) is 5.63. The first-order chi connectivity index (χ1) is 13.6. The highest BCUT2D eigenvalue weighted by atomic mass is 19.1. The van der Waals surface area contributed by atoms with Crippen molar-refractivity contribution in [2.24, 2.45) is 0 Å². The van der Waals surface area contributed by atoms with Crippen LogP contribution in [0.5, 0.6) is 5.75 Å². The van der Waals surface area contributed by atoms with Gasteiger partial charge >= 0.3 is 0 Å². The van der Waals surface area contributed by atoms with Gasteiger partial charge in [-0.3, -0.25) is 14.6 Å². The molecule has 0 aliphatic carbocycles. The highest BCUT2D eigenvalue weighted by Gasteiger charge is 2.26. The summed E-state index contributed by atoms with van der Waals surface area (Å²) < 4.78 is 19.3. The van der Waals surface area contributed by atoms with E-state index in [0.29, 0.717) is 0 Å². The number of rotatable bonds is 5. The quantitative estimate of drug-likeness (QED) is 0.862. The molecule has 2 aromatic carbocycles. The van der Waals surface area contributed by atoms with Gasteiger partial charge in [0.25, 0.3) is 0 Å². The zero-order valence-electron chi connectivity index (χ0n) is 16.2. The predicted octanol–water partition coefficient (Wildman–Crippen LogP) is 2.91. The molecule has 1 saturated heterocycles. The number of carbonyl (C=O) groups excluding carboxylic acids is 1. The zero-order valence-corrected chi connectivity index (χ0v) is 16.2. The Balaban J connectivity index is 1.28. The summed E-state index contributed by atoms with van der Waals surface area (Å²) in [5.41, 5.74) is 2.84. The highest BCUT2D eigenvalue weighted by Crippen LogP contribution is 2.26. The van der Waals surface area contributed by atoms with Gasteiger partial charge in [-0.25, -0.2) is 4.39 Å². The predicted molar refractivity (Wildman–Crippen MR) is 107 cm³/mol. The molecule has 4 rings (SSSR count). The lowest BCUT2D eigenvalue weighted by Crippen LogP contribution is -2.52. The van der Waals surface area contributed by atoms with E-state index in [2.05, 4.69) is 33.3 Å². The monoisotopic (exact) mass is 383 g/mol. The molecule has 0 radical (unpaired) electrons. The van der Waals surface area contributed by atoms with E-state index in [0.717, 1.165) is 51.5 Å². The number of para-hydroxylation sites is 1. The van der Waals surface area contributed by atoms with Crippen LogP contribution in [0.15, 0.2) is 42.5 Å². The molecule has 0 saturated carbocycles. The summed E-state index contributed by atoms with van der Waals surface area (Å²) in [5.74, 6) is 0.438. The Morgan fingerprint density at radius 2 is 1.96 bits per heavy atom. The fourth-order valence-electron chi connectivity index (χ4n) is 3.87. The maximum Gasteiger partial charge on any atom is 0.241 e. The summed E-state index contributed by atoms with van der Waals surface area (Å²) in [6, 6.07) is 12.4. The maximum atomic E-state index is 13.8. The number of piperazine rings is 1. The third-order valence-corrected chi connectivity index (χ3v) is 5.63. The molecule has 2 aromatic rings. The molecule has 1 N–H and O–H groups in total. The lowest BCUT2D eigenvalue weighted by Gasteiger charge is -2.37. The minimum absolute atomic E-state index is 0.169. The first-order valence-electron chi connectivity index (χ1n) is 9.86. The molecular formula is C22H26FN3O2. The molecule has 5 nitrogen and oxygen atoms in total. The van der Waals surface area contributed by atoms with Crippen LogP contribution in [0.25, 0.3) is 0 Å². The average molecular weight is 383 g/mol. The van der Waals surface area contributed by atoms with E-state index >= 15 is 0 Å². The van der Waals surface area contributed by atoms with Crippen LogP contribution in [0.4, 0.5) is 10.1 Å². The molecule has 28 heavy (non-hydrogen) atoms. The SMILES string of the molecule is C[C@@H](C(=O)Nc1ccccc1F)N1CCN(Cc2ccc3c(c2)CCO3)CC1. The molecule has 1 amide bonds. The molecule has 0 unspecified atom stereocenters. The number of amides is 1. The van der Waals surface area contributed by atoms with Crippen molar-refractivity contribution >= 4 is 11.6 Å².